The van der Waals surface area contributed by atoms with E-state index in [0.717, 1.165) is 22.4 Å². The number of alkyl halides is 3. The Kier molecular flexibility index (Phi) is 10.6. The third-order valence-corrected chi connectivity index (χ3v) is 7.01. The molecule has 0 spiro atoms. The van der Waals surface area contributed by atoms with E-state index in [2.05, 4.69) is 10.6 Å². The van der Waals surface area contributed by atoms with Crippen molar-refractivity contribution >= 4 is 13.3 Å². The number of nitrogens with one attached hydrogen (secondary N) is 2. The number of halogens is 3. The summed E-state index contributed by atoms with van der Waals surface area (Å²) in [5.74, 6) is 0.144. The zero-order valence-corrected chi connectivity index (χ0v) is 22.6. The minimum Gasteiger partial charge on any atom is -0.472 e. The highest BCUT2D eigenvalue weighted by Gasteiger charge is 2.33. The second-order valence-electron chi connectivity index (χ2n) is 9.93. The van der Waals surface area contributed by atoms with Crippen LogP contribution >= 0.6 is 7.60 Å². The van der Waals surface area contributed by atoms with Crippen molar-refractivity contribution in [2.24, 2.45) is 5.92 Å². The standard InChI is InChI=1S/C28H36F3N2O4P/c1-20(2)15-23-8-6-21(17-26(23)28(29,30)31)5-3-12-33-27-9-7-22(16-25(27)24-10-13-37-19-24)18-32-11-4-14-38(34,35)36/h6-10,13,16-17,19-20,32-33H,3-5,11-12,14-15,18H2,1-2H3,(H2,34,35,36). The van der Waals surface area contributed by atoms with Crippen LogP contribution in [0.4, 0.5) is 18.9 Å². The molecule has 0 fully saturated rings. The zero-order chi connectivity index (χ0) is 27.8. The number of hydrogen-bond acceptors (Lipinski definition) is 4. The first-order valence-electron chi connectivity index (χ1n) is 12.8. The molecule has 0 aliphatic heterocycles. The molecule has 0 aliphatic carbocycles. The van der Waals surface area contributed by atoms with E-state index in [0.29, 0.717) is 56.4 Å². The topological polar surface area (TPSA) is 94.7 Å². The molecule has 0 atom stereocenters. The van der Waals surface area contributed by atoms with Crippen molar-refractivity contribution in [1.82, 2.24) is 5.32 Å². The van der Waals surface area contributed by atoms with E-state index in [1.807, 2.05) is 38.1 Å². The van der Waals surface area contributed by atoms with Crippen molar-refractivity contribution in [3.8, 4) is 11.1 Å². The van der Waals surface area contributed by atoms with Crippen LogP contribution in [0.25, 0.3) is 11.1 Å². The smallest absolute Gasteiger partial charge is 0.416 e. The SMILES string of the molecule is CC(C)Cc1ccc(CCCNc2ccc(CNCCCP(=O)(O)O)cc2-c2ccoc2)cc1C(F)(F)F. The van der Waals surface area contributed by atoms with Gasteiger partial charge in [-0.1, -0.05) is 32.0 Å². The Morgan fingerprint density at radius 2 is 1.76 bits per heavy atom. The van der Waals surface area contributed by atoms with Gasteiger partial charge in [-0.2, -0.15) is 13.2 Å². The van der Waals surface area contributed by atoms with Crippen LogP contribution in [0.2, 0.25) is 0 Å². The Morgan fingerprint density at radius 3 is 2.42 bits per heavy atom. The molecule has 0 saturated heterocycles. The predicted molar refractivity (Wildman–Crippen MR) is 144 cm³/mol. The van der Waals surface area contributed by atoms with Gasteiger partial charge in [-0.3, -0.25) is 4.57 Å². The Bertz CT molecular complexity index is 1210. The summed E-state index contributed by atoms with van der Waals surface area (Å²) in [6.07, 6.45) is 0.680. The fourth-order valence-corrected chi connectivity index (χ4v) is 4.90. The van der Waals surface area contributed by atoms with Gasteiger partial charge in [0.1, 0.15) is 0 Å². The summed E-state index contributed by atoms with van der Waals surface area (Å²) in [6, 6.07) is 12.5. The van der Waals surface area contributed by atoms with Gasteiger partial charge in [-0.05, 0) is 79.1 Å². The maximum absolute atomic E-state index is 13.6. The Balaban J connectivity index is 1.60. The number of aryl methyl sites for hydroxylation is 1. The van der Waals surface area contributed by atoms with Crippen molar-refractivity contribution in [3.63, 3.8) is 0 Å². The number of benzene rings is 2. The lowest BCUT2D eigenvalue weighted by atomic mass is 9.94. The Hall–Kier alpha value is -2.58. The van der Waals surface area contributed by atoms with Gasteiger partial charge in [0.2, 0.25) is 0 Å². The number of hydrogen-bond donors (Lipinski definition) is 4. The summed E-state index contributed by atoms with van der Waals surface area (Å²) in [5, 5.41) is 6.60. The third-order valence-electron chi connectivity index (χ3n) is 6.11. The van der Waals surface area contributed by atoms with E-state index in [1.54, 1.807) is 24.7 Å². The lowest BCUT2D eigenvalue weighted by molar-refractivity contribution is -0.138. The summed E-state index contributed by atoms with van der Waals surface area (Å²) < 4.78 is 57.1. The van der Waals surface area contributed by atoms with Crippen molar-refractivity contribution in [2.45, 2.75) is 52.3 Å². The van der Waals surface area contributed by atoms with Crippen molar-refractivity contribution in [2.75, 3.05) is 24.6 Å². The maximum Gasteiger partial charge on any atom is 0.416 e. The first-order valence-corrected chi connectivity index (χ1v) is 14.6. The average Bonchev–Trinajstić information content (AvgIpc) is 3.36. The predicted octanol–water partition coefficient (Wildman–Crippen LogP) is 6.87. The molecule has 4 N–H and O–H groups in total. The number of rotatable bonds is 14. The molecule has 10 heteroatoms. The van der Waals surface area contributed by atoms with E-state index >= 15 is 0 Å². The molecule has 3 aromatic rings. The second-order valence-corrected chi connectivity index (χ2v) is 11.7. The minimum atomic E-state index is -4.37. The van der Waals surface area contributed by atoms with Crippen molar-refractivity contribution in [1.29, 1.82) is 0 Å². The molecule has 0 amide bonds. The fourth-order valence-electron chi connectivity index (χ4n) is 4.33. The van der Waals surface area contributed by atoms with Gasteiger partial charge in [-0.25, -0.2) is 0 Å². The normalized spacial score (nSPS) is 12.3. The van der Waals surface area contributed by atoms with Crippen molar-refractivity contribution < 1.29 is 31.9 Å². The van der Waals surface area contributed by atoms with Crippen LogP contribution in [0.15, 0.2) is 59.4 Å². The van der Waals surface area contributed by atoms with Crippen LogP contribution in [-0.4, -0.2) is 29.0 Å². The van der Waals surface area contributed by atoms with Gasteiger partial charge in [0.25, 0.3) is 0 Å². The first kappa shape index (κ1) is 30.0. The molecule has 1 aromatic heterocycles. The lowest BCUT2D eigenvalue weighted by Gasteiger charge is -2.16. The molecular weight excluding hydrogens is 516 g/mol. The highest BCUT2D eigenvalue weighted by molar-refractivity contribution is 7.51. The molecule has 0 bridgehead atoms. The summed E-state index contributed by atoms with van der Waals surface area (Å²) in [7, 11) is -3.98. The number of anilines is 1. The highest BCUT2D eigenvalue weighted by Crippen LogP contribution is 2.35. The van der Waals surface area contributed by atoms with E-state index in [1.165, 1.54) is 6.07 Å². The van der Waals surface area contributed by atoms with Crippen LogP contribution in [0.1, 0.15) is 48.9 Å². The first-order chi connectivity index (χ1) is 17.9. The Labute approximate surface area is 221 Å². The molecule has 208 valence electrons. The molecule has 6 nitrogen and oxygen atoms in total. The van der Waals surface area contributed by atoms with Gasteiger partial charge in [0.15, 0.2) is 0 Å². The van der Waals surface area contributed by atoms with E-state index in [-0.39, 0.29) is 12.1 Å². The molecule has 0 radical (unpaired) electrons. The summed E-state index contributed by atoms with van der Waals surface area (Å²) in [5.41, 5.74) is 4.20. The van der Waals surface area contributed by atoms with Crippen molar-refractivity contribution in [3.05, 3.63) is 77.2 Å². The van der Waals surface area contributed by atoms with Crippen LogP contribution in [0.5, 0.6) is 0 Å². The van der Waals surface area contributed by atoms with Crippen LogP contribution < -0.4 is 10.6 Å². The molecule has 38 heavy (non-hydrogen) atoms. The van der Waals surface area contributed by atoms with Gasteiger partial charge in [-0.15, -0.1) is 0 Å². The maximum atomic E-state index is 13.6. The average molecular weight is 553 g/mol. The monoisotopic (exact) mass is 552 g/mol. The number of furan rings is 1. The van der Waals surface area contributed by atoms with E-state index in [4.69, 9.17) is 14.2 Å². The van der Waals surface area contributed by atoms with Gasteiger partial charge >= 0.3 is 13.8 Å². The molecule has 2 aromatic carbocycles. The molecule has 1 heterocycles. The summed E-state index contributed by atoms with van der Waals surface area (Å²) in [6.45, 7) is 5.44. The van der Waals surface area contributed by atoms with Crippen LogP contribution in [-0.2, 0) is 30.1 Å². The highest BCUT2D eigenvalue weighted by atomic mass is 31.2. The molecule has 0 saturated carbocycles. The fraction of sp³-hybridized carbons (Fsp3) is 0.429. The quantitative estimate of drug-likeness (QED) is 0.129. The molecule has 0 aliphatic rings. The van der Waals surface area contributed by atoms with Crippen LogP contribution in [0, 0.1) is 5.92 Å². The zero-order valence-electron chi connectivity index (χ0n) is 21.7. The van der Waals surface area contributed by atoms with Gasteiger partial charge < -0.3 is 24.8 Å². The largest absolute Gasteiger partial charge is 0.472 e. The van der Waals surface area contributed by atoms with Gasteiger partial charge in [0, 0.05) is 29.9 Å². The third kappa shape index (κ3) is 9.62. The molecule has 3 rings (SSSR count). The second kappa shape index (κ2) is 13.5. The minimum absolute atomic E-state index is 0.144. The summed E-state index contributed by atoms with van der Waals surface area (Å²) >= 11 is 0. The molecule has 0 unspecified atom stereocenters. The molecular formula is C28H36F3N2O4P. The van der Waals surface area contributed by atoms with E-state index < -0.39 is 19.3 Å². The lowest BCUT2D eigenvalue weighted by Crippen LogP contribution is -2.16. The van der Waals surface area contributed by atoms with E-state index in [9.17, 15) is 17.7 Å². The van der Waals surface area contributed by atoms with Gasteiger partial charge in [0.05, 0.1) is 24.3 Å². The Morgan fingerprint density at radius 1 is 1.00 bits per heavy atom. The summed E-state index contributed by atoms with van der Waals surface area (Å²) in [4.78, 5) is 17.9. The van der Waals surface area contributed by atoms with Crippen LogP contribution in [0.3, 0.4) is 0 Å².